The molecule has 1 saturated heterocycles. The van der Waals surface area contributed by atoms with Gasteiger partial charge in [0.25, 0.3) is 5.91 Å². The van der Waals surface area contributed by atoms with Gasteiger partial charge in [0.15, 0.2) is 0 Å². The van der Waals surface area contributed by atoms with Crippen molar-refractivity contribution in [2.24, 2.45) is 0 Å². The van der Waals surface area contributed by atoms with Crippen LogP contribution in [-0.2, 0) is 28.1 Å². The van der Waals surface area contributed by atoms with Gasteiger partial charge in [-0.1, -0.05) is 30.3 Å². The molecular formula is C21H24N2O3S. The van der Waals surface area contributed by atoms with Crippen LogP contribution in [0, 0.1) is 0 Å². The Morgan fingerprint density at radius 1 is 1.22 bits per heavy atom. The molecule has 0 radical (unpaired) electrons. The minimum absolute atomic E-state index is 0.0328. The van der Waals surface area contributed by atoms with Crippen molar-refractivity contribution in [3.63, 3.8) is 0 Å². The largest absolute Gasteiger partial charge is 0.369 e. The Hall–Kier alpha value is -2.18. The standard InChI is InChI=1S/C21H24N2O3S/c1-15(24)23-10-8-21(9-11-23)19-17(7-12-26-21)13-18(27-19)20(25)22-14-16-5-3-2-4-6-16/h2-6,13H,7-12,14H2,1H3,(H,22,25). The summed E-state index contributed by atoms with van der Waals surface area (Å²) in [4.78, 5) is 28.1. The second-order valence-electron chi connectivity index (χ2n) is 7.23. The van der Waals surface area contributed by atoms with Gasteiger partial charge in [0, 0.05) is 31.4 Å². The first-order valence-electron chi connectivity index (χ1n) is 9.42. The number of hydrogen-bond acceptors (Lipinski definition) is 4. The minimum Gasteiger partial charge on any atom is -0.369 e. The summed E-state index contributed by atoms with van der Waals surface area (Å²) in [6.45, 7) is 4.24. The summed E-state index contributed by atoms with van der Waals surface area (Å²) >= 11 is 1.55. The van der Waals surface area contributed by atoms with Crippen LogP contribution in [-0.4, -0.2) is 36.4 Å². The van der Waals surface area contributed by atoms with Crippen LogP contribution in [0.25, 0.3) is 0 Å². The Labute approximate surface area is 163 Å². The third kappa shape index (κ3) is 3.64. The predicted molar refractivity (Wildman–Crippen MR) is 105 cm³/mol. The van der Waals surface area contributed by atoms with E-state index in [0.717, 1.165) is 29.7 Å². The van der Waals surface area contributed by atoms with Crippen molar-refractivity contribution in [3.8, 4) is 0 Å². The molecule has 0 unspecified atom stereocenters. The van der Waals surface area contributed by atoms with Crippen LogP contribution in [0.1, 0.15) is 45.4 Å². The molecule has 6 heteroatoms. The second kappa shape index (κ2) is 7.44. The van der Waals surface area contributed by atoms with E-state index >= 15 is 0 Å². The summed E-state index contributed by atoms with van der Waals surface area (Å²) in [5, 5.41) is 3.02. The van der Waals surface area contributed by atoms with Gasteiger partial charge in [-0.25, -0.2) is 0 Å². The highest BCUT2D eigenvalue weighted by atomic mass is 32.1. The number of benzene rings is 1. The van der Waals surface area contributed by atoms with Crippen LogP contribution in [0.4, 0.5) is 0 Å². The molecule has 1 aromatic carbocycles. The molecule has 27 heavy (non-hydrogen) atoms. The molecule has 3 heterocycles. The number of thiophene rings is 1. The summed E-state index contributed by atoms with van der Waals surface area (Å²) in [7, 11) is 0. The molecule has 5 nitrogen and oxygen atoms in total. The van der Waals surface area contributed by atoms with Gasteiger partial charge in [0.2, 0.25) is 5.91 Å². The third-order valence-corrected chi connectivity index (χ3v) is 6.87. The van der Waals surface area contributed by atoms with Gasteiger partial charge >= 0.3 is 0 Å². The number of carbonyl (C=O) groups is 2. The molecule has 1 spiro atoms. The van der Waals surface area contributed by atoms with Crippen LogP contribution < -0.4 is 5.32 Å². The summed E-state index contributed by atoms with van der Waals surface area (Å²) in [5.41, 5.74) is 1.98. The molecule has 4 rings (SSSR count). The quantitative estimate of drug-likeness (QED) is 0.885. The van der Waals surface area contributed by atoms with Gasteiger partial charge in [0.1, 0.15) is 5.60 Å². The summed E-state index contributed by atoms with van der Waals surface area (Å²) in [5.74, 6) is 0.0858. The van der Waals surface area contributed by atoms with E-state index in [0.29, 0.717) is 26.2 Å². The average molecular weight is 385 g/mol. The number of amides is 2. The van der Waals surface area contributed by atoms with Crippen LogP contribution in [0.2, 0.25) is 0 Å². The SMILES string of the molecule is CC(=O)N1CCC2(CC1)OCCc1cc(C(=O)NCc3ccccc3)sc12. The zero-order chi connectivity index (χ0) is 18.9. The van der Waals surface area contributed by atoms with E-state index in [4.69, 9.17) is 4.74 Å². The van der Waals surface area contributed by atoms with Crippen LogP contribution in [0.5, 0.6) is 0 Å². The fourth-order valence-corrected chi connectivity index (χ4v) is 5.28. The van der Waals surface area contributed by atoms with Crippen LogP contribution in [0.15, 0.2) is 36.4 Å². The van der Waals surface area contributed by atoms with Gasteiger partial charge in [-0.3, -0.25) is 9.59 Å². The monoisotopic (exact) mass is 384 g/mol. The molecular weight excluding hydrogens is 360 g/mol. The number of nitrogens with one attached hydrogen (secondary N) is 1. The molecule has 142 valence electrons. The second-order valence-corrected chi connectivity index (χ2v) is 8.28. The molecule has 1 aromatic heterocycles. The molecule has 2 aromatic rings. The van der Waals surface area contributed by atoms with E-state index in [9.17, 15) is 9.59 Å². The number of likely N-dealkylation sites (tertiary alicyclic amines) is 1. The average Bonchev–Trinajstić information content (AvgIpc) is 3.13. The Morgan fingerprint density at radius 2 is 1.96 bits per heavy atom. The number of fused-ring (bicyclic) bond motifs is 2. The summed E-state index contributed by atoms with van der Waals surface area (Å²) in [6, 6.07) is 12.0. The van der Waals surface area contributed by atoms with E-state index in [2.05, 4.69) is 5.32 Å². The molecule has 0 atom stereocenters. The lowest BCUT2D eigenvalue weighted by atomic mass is 9.85. The van der Waals surface area contributed by atoms with E-state index < -0.39 is 0 Å². The summed E-state index contributed by atoms with van der Waals surface area (Å²) < 4.78 is 6.22. The van der Waals surface area contributed by atoms with Crippen molar-refractivity contribution in [2.45, 2.75) is 38.3 Å². The van der Waals surface area contributed by atoms with Crippen molar-refractivity contribution in [2.75, 3.05) is 19.7 Å². The maximum atomic E-state index is 12.7. The number of ether oxygens (including phenoxy) is 1. The van der Waals surface area contributed by atoms with E-state index in [1.807, 2.05) is 41.3 Å². The van der Waals surface area contributed by atoms with E-state index in [1.165, 1.54) is 10.4 Å². The van der Waals surface area contributed by atoms with Crippen molar-refractivity contribution >= 4 is 23.2 Å². The zero-order valence-corrected chi connectivity index (χ0v) is 16.3. The molecule has 1 fully saturated rings. The van der Waals surface area contributed by atoms with E-state index in [-0.39, 0.29) is 17.4 Å². The normalized spacial score (nSPS) is 18.2. The number of nitrogens with zero attached hydrogens (tertiary/aromatic N) is 1. The summed E-state index contributed by atoms with van der Waals surface area (Å²) in [6.07, 6.45) is 2.44. The smallest absolute Gasteiger partial charge is 0.261 e. The molecule has 2 aliphatic heterocycles. The first-order valence-corrected chi connectivity index (χ1v) is 10.2. The van der Waals surface area contributed by atoms with Crippen molar-refractivity contribution in [1.82, 2.24) is 10.2 Å². The van der Waals surface area contributed by atoms with Crippen LogP contribution in [0.3, 0.4) is 0 Å². The maximum Gasteiger partial charge on any atom is 0.261 e. The lowest BCUT2D eigenvalue weighted by Gasteiger charge is -2.43. The maximum absolute atomic E-state index is 12.7. The van der Waals surface area contributed by atoms with Crippen molar-refractivity contribution in [3.05, 3.63) is 57.3 Å². The fourth-order valence-electron chi connectivity index (χ4n) is 3.95. The van der Waals surface area contributed by atoms with Gasteiger partial charge in [-0.2, -0.15) is 0 Å². The highest BCUT2D eigenvalue weighted by molar-refractivity contribution is 7.14. The number of hydrogen-bond donors (Lipinski definition) is 1. The molecule has 2 amide bonds. The van der Waals surface area contributed by atoms with Gasteiger partial charge in [-0.05, 0) is 36.5 Å². The zero-order valence-electron chi connectivity index (χ0n) is 15.5. The van der Waals surface area contributed by atoms with Gasteiger partial charge in [-0.15, -0.1) is 11.3 Å². The highest BCUT2D eigenvalue weighted by Crippen LogP contribution is 2.45. The first-order chi connectivity index (χ1) is 13.1. The Balaban J connectivity index is 1.49. The Morgan fingerprint density at radius 3 is 2.67 bits per heavy atom. The predicted octanol–water partition coefficient (Wildman–Crippen LogP) is 3.09. The van der Waals surface area contributed by atoms with Gasteiger partial charge in [0.05, 0.1) is 11.5 Å². The highest BCUT2D eigenvalue weighted by Gasteiger charge is 2.43. The molecule has 0 bridgehead atoms. The first kappa shape index (κ1) is 18.2. The number of piperidine rings is 1. The van der Waals surface area contributed by atoms with Gasteiger partial charge < -0.3 is 15.0 Å². The third-order valence-electron chi connectivity index (χ3n) is 5.51. The van der Waals surface area contributed by atoms with Crippen molar-refractivity contribution in [1.29, 1.82) is 0 Å². The number of rotatable bonds is 3. The topological polar surface area (TPSA) is 58.6 Å². The minimum atomic E-state index is -0.331. The molecule has 2 aliphatic rings. The molecule has 0 saturated carbocycles. The molecule has 1 N–H and O–H groups in total. The number of carbonyl (C=O) groups excluding carboxylic acids is 2. The van der Waals surface area contributed by atoms with Crippen LogP contribution >= 0.6 is 11.3 Å². The lowest BCUT2D eigenvalue weighted by molar-refractivity contribution is -0.138. The fraction of sp³-hybridized carbons (Fsp3) is 0.429. The molecule has 0 aliphatic carbocycles. The Kier molecular flexibility index (Phi) is 5.02. The van der Waals surface area contributed by atoms with E-state index in [1.54, 1.807) is 18.3 Å². The Bertz CT molecular complexity index is 838. The lowest BCUT2D eigenvalue weighted by Crippen LogP contribution is -2.47. The van der Waals surface area contributed by atoms with Crippen molar-refractivity contribution < 1.29 is 14.3 Å².